The number of carbonyl (C=O) groups excluding carboxylic acids is 2. The predicted octanol–water partition coefficient (Wildman–Crippen LogP) is 1.97. The van der Waals surface area contributed by atoms with Gasteiger partial charge in [-0.05, 0) is 49.5 Å². The van der Waals surface area contributed by atoms with E-state index < -0.39 is 17.0 Å². The van der Waals surface area contributed by atoms with E-state index in [4.69, 9.17) is 5.41 Å². The molecule has 0 saturated carbocycles. The SMILES string of the molecule is CC(C)C[CH]NC(=O)[C@H](CCCNC(=N)N[N+](=O)[O-])NC(=O)CCCc1cccs1. The molecule has 167 valence electrons. The Balaban J connectivity index is 2.45. The molecule has 10 nitrogen and oxygen atoms in total. The number of thiophene rings is 1. The average Bonchev–Trinajstić information content (AvgIpc) is 3.16. The van der Waals surface area contributed by atoms with Crippen molar-refractivity contribution in [2.24, 2.45) is 5.92 Å². The van der Waals surface area contributed by atoms with E-state index in [1.54, 1.807) is 23.3 Å². The zero-order chi connectivity index (χ0) is 22.4. The summed E-state index contributed by atoms with van der Waals surface area (Å²) in [7, 11) is 0. The third kappa shape index (κ3) is 12.0. The second-order valence-electron chi connectivity index (χ2n) is 7.21. The van der Waals surface area contributed by atoms with Crippen molar-refractivity contribution in [2.45, 2.75) is 58.4 Å². The minimum Gasteiger partial charge on any atom is -0.352 e. The Morgan fingerprint density at radius 1 is 1.33 bits per heavy atom. The van der Waals surface area contributed by atoms with Crippen LogP contribution in [0.4, 0.5) is 0 Å². The highest BCUT2D eigenvalue weighted by molar-refractivity contribution is 7.09. The maximum Gasteiger partial charge on any atom is 0.251 e. The largest absolute Gasteiger partial charge is 0.352 e. The summed E-state index contributed by atoms with van der Waals surface area (Å²) in [5.74, 6) is -0.504. The second-order valence-corrected chi connectivity index (χ2v) is 8.24. The van der Waals surface area contributed by atoms with E-state index in [0.29, 0.717) is 31.6 Å². The molecule has 11 heteroatoms. The Bertz CT molecular complexity index is 681. The number of aryl methyl sites for hydroxylation is 1. The number of nitrogens with one attached hydrogen (secondary N) is 5. The number of amides is 2. The van der Waals surface area contributed by atoms with Gasteiger partial charge in [0.1, 0.15) is 6.04 Å². The van der Waals surface area contributed by atoms with Crippen LogP contribution in [0.1, 0.15) is 50.8 Å². The highest BCUT2D eigenvalue weighted by Crippen LogP contribution is 2.12. The zero-order valence-electron chi connectivity index (χ0n) is 17.4. The van der Waals surface area contributed by atoms with E-state index in [9.17, 15) is 19.7 Å². The number of carbonyl (C=O) groups is 2. The number of hydrogen-bond acceptors (Lipinski definition) is 6. The third-order valence-corrected chi connectivity index (χ3v) is 5.00. The van der Waals surface area contributed by atoms with Crippen LogP contribution < -0.4 is 21.4 Å². The Hall–Kier alpha value is -2.69. The summed E-state index contributed by atoms with van der Waals surface area (Å²) in [6.45, 7) is 6.02. The standard InChI is InChI=1S/C19H31N6O4S/c1-14(2)10-12-21-18(27)16(8-4-11-22-19(20)24-25(28)29)23-17(26)9-3-6-15-7-5-13-30-15/h5,7,12-14,16H,3-4,6,8-11H2,1-2H3,(H,21,27)(H,23,26)(H3,20,22,24)/t16-/m0/s1. The van der Waals surface area contributed by atoms with Crippen molar-refractivity contribution in [2.75, 3.05) is 6.54 Å². The van der Waals surface area contributed by atoms with E-state index in [0.717, 1.165) is 12.8 Å². The van der Waals surface area contributed by atoms with Crippen LogP contribution in [0.5, 0.6) is 0 Å². The number of nitro groups is 1. The summed E-state index contributed by atoms with van der Waals surface area (Å²) in [5.41, 5.74) is 1.70. The molecule has 1 heterocycles. The van der Waals surface area contributed by atoms with Crippen LogP contribution in [-0.2, 0) is 16.0 Å². The molecule has 0 spiro atoms. The quantitative estimate of drug-likeness (QED) is 0.0983. The average molecular weight is 440 g/mol. The first-order valence-electron chi connectivity index (χ1n) is 9.95. The molecule has 1 aromatic heterocycles. The number of guanidine groups is 1. The lowest BCUT2D eigenvalue weighted by Crippen LogP contribution is -2.46. The van der Waals surface area contributed by atoms with Crippen molar-refractivity contribution in [1.82, 2.24) is 21.4 Å². The first-order valence-corrected chi connectivity index (χ1v) is 10.8. The van der Waals surface area contributed by atoms with Gasteiger partial charge in [0.25, 0.3) is 5.96 Å². The number of hydrazine groups is 1. The van der Waals surface area contributed by atoms with Crippen LogP contribution in [0.3, 0.4) is 0 Å². The molecule has 5 N–H and O–H groups in total. The van der Waals surface area contributed by atoms with Gasteiger partial charge in [-0.1, -0.05) is 25.3 Å². The highest BCUT2D eigenvalue weighted by Gasteiger charge is 2.20. The topological polar surface area (TPSA) is 149 Å². The fourth-order valence-corrected chi connectivity index (χ4v) is 3.31. The zero-order valence-corrected chi connectivity index (χ0v) is 18.2. The van der Waals surface area contributed by atoms with Gasteiger partial charge >= 0.3 is 0 Å². The molecular formula is C19H31N6O4S. The van der Waals surface area contributed by atoms with Gasteiger partial charge in [-0.3, -0.25) is 15.0 Å². The molecule has 1 radical (unpaired) electrons. The monoisotopic (exact) mass is 439 g/mol. The van der Waals surface area contributed by atoms with Crippen molar-refractivity contribution in [3.05, 3.63) is 39.0 Å². The van der Waals surface area contributed by atoms with Gasteiger partial charge < -0.3 is 16.0 Å². The van der Waals surface area contributed by atoms with E-state index in [2.05, 4.69) is 16.0 Å². The molecule has 30 heavy (non-hydrogen) atoms. The molecule has 0 aromatic carbocycles. The highest BCUT2D eigenvalue weighted by atomic mass is 32.1. The van der Waals surface area contributed by atoms with Gasteiger partial charge in [0.05, 0.1) is 0 Å². The van der Waals surface area contributed by atoms with Gasteiger partial charge in [-0.15, -0.1) is 11.3 Å². The van der Waals surface area contributed by atoms with Gasteiger partial charge in [-0.25, -0.2) is 10.1 Å². The number of hydrogen-bond donors (Lipinski definition) is 5. The summed E-state index contributed by atoms with van der Waals surface area (Å²) >= 11 is 1.65. The smallest absolute Gasteiger partial charge is 0.251 e. The van der Waals surface area contributed by atoms with Gasteiger partial charge in [0.2, 0.25) is 11.8 Å². The molecule has 2 amide bonds. The summed E-state index contributed by atoms with van der Waals surface area (Å²) in [5, 5.41) is 26.9. The fraction of sp³-hybridized carbons (Fsp3) is 0.579. The second kappa shape index (κ2) is 14.3. The summed E-state index contributed by atoms with van der Waals surface area (Å²) < 4.78 is 0. The van der Waals surface area contributed by atoms with Gasteiger partial charge in [-0.2, -0.15) is 0 Å². The molecule has 0 aliphatic heterocycles. The van der Waals surface area contributed by atoms with Crippen LogP contribution >= 0.6 is 11.3 Å². The van der Waals surface area contributed by atoms with E-state index in [1.807, 2.05) is 31.4 Å². The molecule has 1 aromatic rings. The normalized spacial score (nSPS) is 11.6. The third-order valence-electron chi connectivity index (χ3n) is 4.07. The fourth-order valence-electron chi connectivity index (χ4n) is 2.56. The van der Waals surface area contributed by atoms with E-state index >= 15 is 0 Å². The Morgan fingerprint density at radius 2 is 2.10 bits per heavy atom. The Labute approximate surface area is 180 Å². The molecule has 0 fully saturated rings. The Kier molecular flexibility index (Phi) is 12.1. The molecule has 0 aliphatic rings. The first kappa shape index (κ1) is 25.3. The van der Waals surface area contributed by atoms with Gasteiger partial charge in [0, 0.05) is 24.4 Å². The number of rotatable bonds is 14. The lowest BCUT2D eigenvalue weighted by molar-refractivity contribution is -0.525. The van der Waals surface area contributed by atoms with E-state index in [-0.39, 0.29) is 18.4 Å². The van der Waals surface area contributed by atoms with Crippen LogP contribution in [-0.4, -0.2) is 35.4 Å². The number of nitrogens with zero attached hydrogens (tertiary/aromatic N) is 1. The Morgan fingerprint density at radius 3 is 2.73 bits per heavy atom. The molecule has 1 rings (SSSR count). The first-order chi connectivity index (χ1) is 14.3. The molecule has 0 bridgehead atoms. The van der Waals surface area contributed by atoms with E-state index in [1.165, 1.54) is 4.88 Å². The van der Waals surface area contributed by atoms with Crippen molar-refractivity contribution in [3.63, 3.8) is 0 Å². The van der Waals surface area contributed by atoms with Crippen molar-refractivity contribution < 1.29 is 14.6 Å². The minimum absolute atomic E-state index is 0.189. The van der Waals surface area contributed by atoms with Crippen LogP contribution in [0.2, 0.25) is 0 Å². The maximum absolute atomic E-state index is 12.5. The summed E-state index contributed by atoms with van der Waals surface area (Å²) in [6.07, 6.45) is 3.35. The van der Waals surface area contributed by atoms with Crippen LogP contribution in [0, 0.1) is 28.0 Å². The van der Waals surface area contributed by atoms with Crippen molar-refractivity contribution in [1.29, 1.82) is 5.41 Å². The van der Waals surface area contributed by atoms with Gasteiger partial charge in [0.15, 0.2) is 5.03 Å². The molecule has 0 saturated heterocycles. The van der Waals surface area contributed by atoms with Crippen LogP contribution in [0.15, 0.2) is 17.5 Å². The van der Waals surface area contributed by atoms with Crippen molar-refractivity contribution >= 4 is 29.1 Å². The lowest BCUT2D eigenvalue weighted by Gasteiger charge is -2.19. The molecule has 1 atom stereocenters. The maximum atomic E-state index is 12.5. The predicted molar refractivity (Wildman–Crippen MR) is 116 cm³/mol. The minimum atomic E-state index is -0.827. The van der Waals surface area contributed by atoms with Crippen molar-refractivity contribution in [3.8, 4) is 0 Å². The summed E-state index contributed by atoms with van der Waals surface area (Å²) in [4.78, 5) is 36.3. The summed E-state index contributed by atoms with van der Waals surface area (Å²) in [6, 6.07) is 3.30. The molecular weight excluding hydrogens is 408 g/mol. The lowest BCUT2D eigenvalue weighted by atomic mass is 10.1. The van der Waals surface area contributed by atoms with Crippen LogP contribution in [0.25, 0.3) is 0 Å². The molecule has 0 aliphatic carbocycles. The molecule has 0 unspecified atom stereocenters.